The number of carbonyl (C=O) groups is 1. The maximum Gasteiger partial charge on any atom is 0.227 e. The van der Waals surface area contributed by atoms with E-state index in [1.165, 1.54) is 0 Å². The largest absolute Gasteiger partial charge is 0.497 e. The number of pyridine rings is 1. The number of ether oxygens (including phenoxy) is 1. The number of hydrogen-bond acceptors (Lipinski definition) is 4. The average Bonchev–Trinajstić information content (AvgIpc) is 3.16. The summed E-state index contributed by atoms with van der Waals surface area (Å²) in [6, 6.07) is 11.7. The normalized spacial score (nSPS) is 16.6. The number of amides is 1. The number of rotatable bonds is 5. The minimum atomic E-state index is -0.00813. The summed E-state index contributed by atoms with van der Waals surface area (Å²) in [7, 11) is 3.57. The third kappa shape index (κ3) is 4.16. The summed E-state index contributed by atoms with van der Waals surface area (Å²) in [5.74, 6) is 0.907. The van der Waals surface area contributed by atoms with Crippen LogP contribution in [0.2, 0.25) is 0 Å². The highest BCUT2D eigenvalue weighted by Crippen LogP contribution is 2.36. The Bertz CT molecular complexity index is 984. The molecule has 0 bridgehead atoms. The molecule has 0 N–H and O–H groups in total. The lowest BCUT2D eigenvalue weighted by atomic mass is 9.94. The van der Waals surface area contributed by atoms with Gasteiger partial charge < -0.3 is 9.64 Å². The molecule has 1 saturated heterocycles. The van der Waals surface area contributed by atoms with Crippen LogP contribution >= 0.6 is 0 Å². The Hall–Kier alpha value is -3.15. The van der Waals surface area contributed by atoms with E-state index in [0.29, 0.717) is 6.42 Å². The molecular formula is C23H26N4O2. The van der Waals surface area contributed by atoms with E-state index in [0.717, 1.165) is 53.9 Å². The molecule has 0 radical (unpaired) electrons. The Labute approximate surface area is 171 Å². The number of benzene rings is 1. The van der Waals surface area contributed by atoms with E-state index < -0.39 is 0 Å². The Balaban J connectivity index is 1.62. The van der Waals surface area contributed by atoms with Gasteiger partial charge in [0.1, 0.15) is 5.75 Å². The van der Waals surface area contributed by atoms with Crippen molar-refractivity contribution < 1.29 is 9.53 Å². The van der Waals surface area contributed by atoms with Crippen LogP contribution in [0, 0.1) is 0 Å². The highest BCUT2D eigenvalue weighted by Gasteiger charge is 2.31. The first kappa shape index (κ1) is 19.2. The summed E-state index contributed by atoms with van der Waals surface area (Å²) in [4.78, 5) is 19.4. The van der Waals surface area contributed by atoms with Gasteiger partial charge >= 0.3 is 0 Å². The van der Waals surface area contributed by atoms with Crippen LogP contribution in [0.5, 0.6) is 5.75 Å². The van der Waals surface area contributed by atoms with Gasteiger partial charge in [-0.15, -0.1) is 0 Å². The second kappa shape index (κ2) is 8.47. The fraction of sp³-hybridized carbons (Fsp3) is 0.348. The van der Waals surface area contributed by atoms with Crippen LogP contribution in [0.15, 0.2) is 55.0 Å². The van der Waals surface area contributed by atoms with Crippen molar-refractivity contribution >= 4 is 5.91 Å². The number of aryl methyl sites for hydroxylation is 1. The summed E-state index contributed by atoms with van der Waals surface area (Å²) in [5.41, 5.74) is 4.08. The zero-order valence-corrected chi connectivity index (χ0v) is 16.9. The summed E-state index contributed by atoms with van der Waals surface area (Å²) in [5, 5.41) is 4.76. The molecular weight excluding hydrogens is 364 g/mol. The molecule has 6 heteroatoms. The predicted octanol–water partition coefficient (Wildman–Crippen LogP) is 3.79. The summed E-state index contributed by atoms with van der Waals surface area (Å²) in [6.07, 6.45) is 9.03. The van der Waals surface area contributed by atoms with Crippen molar-refractivity contribution in [2.24, 2.45) is 7.05 Å². The first-order chi connectivity index (χ1) is 14.2. The minimum Gasteiger partial charge on any atom is -0.497 e. The number of likely N-dealkylation sites (tertiary alicyclic amines) is 1. The number of aromatic nitrogens is 3. The molecule has 1 aliphatic heterocycles. The van der Waals surface area contributed by atoms with Gasteiger partial charge in [0, 0.05) is 37.7 Å². The van der Waals surface area contributed by atoms with Gasteiger partial charge in [0.25, 0.3) is 0 Å². The predicted molar refractivity (Wildman–Crippen MR) is 111 cm³/mol. The quantitative estimate of drug-likeness (QED) is 0.665. The van der Waals surface area contributed by atoms with Gasteiger partial charge in [-0.3, -0.25) is 14.5 Å². The Morgan fingerprint density at radius 1 is 1.21 bits per heavy atom. The molecule has 0 spiro atoms. The molecule has 0 aliphatic carbocycles. The Kier molecular flexibility index (Phi) is 5.60. The van der Waals surface area contributed by atoms with Crippen molar-refractivity contribution in [1.82, 2.24) is 19.7 Å². The van der Waals surface area contributed by atoms with Crippen LogP contribution in [0.1, 0.15) is 36.6 Å². The molecule has 29 heavy (non-hydrogen) atoms. The van der Waals surface area contributed by atoms with Crippen LogP contribution < -0.4 is 4.74 Å². The standard InChI is InChI=1S/C23H26N4O2/c1-26-16-20(18-9-11-24-12-10-18)23(25-26)21-8-3-4-13-27(21)22(28)15-17-6-5-7-19(14-17)29-2/h5-7,9-12,14,16,21H,3-4,8,13,15H2,1-2H3/t21-/m1/s1. The number of carbonyl (C=O) groups excluding carboxylic acids is 1. The van der Waals surface area contributed by atoms with Crippen LogP contribution in [0.25, 0.3) is 11.1 Å². The van der Waals surface area contributed by atoms with Gasteiger partial charge in [-0.25, -0.2) is 0 Å². The Morgan fingerprint density at radius 2 is 2.03 bits per heavy atom. The highest BCUT2D eigenvalue weighted by atomic mass is 16.5. The van der Waals surface area contributed by atoms with Gasteiger partial charge in [-0.1, -0.05) is 12.1 Å². The van der Waals surface area contributed by atoms with E-state index in [-0.39, 0.29) is 11.9 Å². The van der Waals surface area contributed by atoms with Crippen LogP contribution in [0.4, 0.5) is 0 Å². The Morgan fingerprint density at radius 3 is 2.83 bits per heavy atom. The van der Waals surface area contributed by atoms with Gasteiger partial charge in [0.05, 0.1) is 25.3 Å². The van der Waals surface area contributed by atoms with E-state index in [9.17, 15) is 4.79 Å². The van der Waals surface area contributed by atoms with Crippen LogP contribution in [0.3, 0.4) is 0 Å². The van der Waals surface area contributed by atoms with E-state index in [1.807, 2.05) is 59.2 Å². The average molecular weight is 390 g/mol. The van der Waals surface area contributed by atoms with Crippen molar-refractivity contribution in [1.29, 1.82) is 0 Å². The molecule has 1 aromatic carbocycles. The van der Waals surface area contributed by atoms with Gasteiger partial charge in [0.2, 0.25) is 5.91 Å². The summed E-state index contributed by atoms with van der Waals surface area (Å²) in [6.45, 7) is 0.764. The number of piperidine rings is 1. The molecule has 1 atom stereocenters. The molecule has 1 aliphatic rings. The van der Waals surface area contributed by atoms with E-state index in [4.69, 9.17) is 9.84 Å². The molecule has 3 aromatic rings. The zero-order chi connectivity index (χ0) is 20.2. The van der Waals surface area contributed by atoms with Gasteiger partial charge in [-0.05, 0) is 54.7 Å². The fourth-order valence-corrected chi connectivity index (χ4v) is 4.08. The minimum absolute atomic E-state index is 0.00813. The van der Waals surface area contributed by atoms with E-state index in [1.54, 1.807) is 19.5 Å². The number of nitrogens with zero attached hydrogens (tertiary/aromatic N) is 4. The third-order valence-electron chi connectivity index (χ3n) is 5.48. The maximum atomic E-state index is 13.2. The SMILES string of the molecule is COc1cccc(CC(=O)N2CCCC[C@@H]2c2nn(C)cc2-c2ccncc2)c1. The van der Waals surface area contributed by atoms with E-state index in [2.05, 4.69) is 4.98 Å². The second-order valence-electron chi connectivity index (χ2n) is 7.46. The lowest BCUT2D eigenvalue weighted by Crippen LogP contribution is -2.39. The number of methoxy groups -OCH3 is 1. The monoisotopic (exact) mass is 390 g/mol. The summed E-state index contributed by atoms with van der Waals surface area (Å²) < 4.78 is 7.13. The van der Waals surface area contributed by atoms with Crippen molar-refractivity contribution in [2.45, 2.75) is 31.7 Å². The molecule has 150 valence electrons. The zero-order valence-electron chi connectivity index (χ0n) is 16.9. The maximum absolute atomic E-state index is 13.2. The van der Waals surface area contributed by atoms with Gasteiger partial charge in [0.15, 0.2) is 0 Å². The molecule has 6 nitrogen and oxygen atoms in total. The first-order valence-corrected chi connectivity index (χ1v) is 10.0. The van der Waals surface area contributed by atoms with E-state index >= 15 is 0 Å². The molecule has 0 saturated carbocycles. The van der Waals surface area contributed by atoms with Crippen molar-refractivity contribution in [3.63, 3.8) is 0 Å². The molecule has 1 fully saturated rings. The van der Waals surface area contributed by atoms with Gasteiger partial charge in [-0.2, -0.15) is 5.10 Å². The second-order valence-corrected chi connectivity index (χ2v) is 7.46. The van der Waals surface area contributed by atoms with Crippen molar-refractivity contribution in [3.8, 4) is 16.9 Å². The van der Waals surface area contributed by atoms with Crippen molar-refractivity contribution in [2.75, 3.05) is 13.7 Å². The fourth-order valence-electron chi connectivity index (χ4n) is 4.08. The molecule has 1 amide bonds. The lowest BCUT2D eigenvalue weighted by molar-refractivity contribution is -0.134. The topological polar surface area (TPSA) is 60.2 Å². The molecule has 4 rings (SSSR count). The summed E-state index contributed by atoms with van der Waals surface area (Å²) >= 11 is 0. The molecule has 3 heterocycles. The third-order valence-corrected chi connectivity index (χ3v) is 5.48. The lowest BCUT2D eigenvalue weighted by Gasteiger charge is -2.35. The number of hydrogen-bond donors (Lipinski definition) is 0. The molecule has 0 unspecified atom stereocenters. The van der Waals surface area contributed by atoms with Crippen LogP contribution in [-0.4, -0.2) is 39.2 Å². The smallest absolute Gasteiger partial charge is 0.227 e. The van der Waals surface area contributed by atoms with Crippen LogP contribution in [-0.2, 0) is 18.3 Å². The highest BCUT2D eigenvalue weighted by molar-refractivity contribution is 5.80. The molecule has 2 aromatic heterocycles. The first-order valence-electron chi connectivity index (χ1n) is 10.0. The van der Waals surface area contributed by atoms with Crippen molar-refractivity contribution in [3.05, 3.63) is 66.2 Å².